The van der Waals surface area contributed by atoms with Crippen LogP contribution in [0.2, 0.25) is 5.02 Å². The maximum absolute atomic E-state index is 13.4. The lowest BCUT2D eigenvalue weighted by Gasteiger charge is -2.12. The third kappa shape index (κ3) is 3.35. The van der Waals surface area contributed by atoms with Gasteiger partial charge in [0.1, 0.15) is 5.82 Å². The van der Waals surface area contributed by atoms with Gasteiger partial charge in [0.05, 0.1) is 12.0 Å². The number of aromatic nitrogens is 4. The molecule has 1 saturated carbocycles. The molecule has 0 saturated heterocycles. The van der Waals surface area contributed by atoms with Crippen LogP contribution in [0.25, 0.3) is 16.9 Å². The van der Waals surface area contributed by atoms with E-state index in [0.717, 1.165) is 18.4 Å². The highest BCUT2D eigenvalue weighted by Crippen LogP contribution is 2.30. The van der Waals surface area contributed by atoms with Gasteiger partial charge >= 0.3 is 5.69 Å². The van der Waals surface area contributed by atoms with Gasteiger partial charge in [-0.1, -0.05) is 23.7 Å². The molecule has 0 spiro atoms. The molecule has 0 unspecified atom stereocenters. The predicted molar refractivity (Wildman–Crippen MR) is 113 cm³/mol. The molecule has 0 N–H and O–H groups in total. The molecule has 1 fully saturated rings. The Bertz CT molecular complexity index is 1370. The van der Waals surface area contributed by atoms with Gasteiger partial charge in [-0.05, 0) is 60.7 Å². The minimum atomic E-state index is -0.459. The first-order valence-electron chi connectivity index (χ1n) is 9.72. The van der Waals surface area contributed by atoms with Crippen LogP contribution < -0.4 is 11.2 Å². The van der Waals surface area contributed by atoms with Gasteiger partial charge in [-0.25, -0.2) is 18.7 Å². The van der Waals surface area contributed by atoms with Gasteiger partial charge in [-0.2, -0.15) is 0 Å². The van der Waals surface area contributed by atoms with Crippen molar-refractivity contribution >= 4 is 22.8 Å². The highest BCUT2D eigenvalue weighted by atomic mass is 35.5. The first kappa shape index (κ1) is 18.8. The zero-order valence-corrected chi connectivity index (χ0v) is 16.7. The monoisotopic (exact) mass is 424 g/mol. The molecule has 152 valence electrons. The minimum Gasteiger partial charge on any atom is -0.320 e. The SMILES string of the molecule is O=c1c2c(ncn2Cc2cccc(Cl)c2)n(-c2ccc(F)cc2)c(=O)n1CC1CC1. The molecule has 0 radical (unpaired) electrons. The Labute approximate surface area is 175 Å². The molecule has 0 bridgehead atoms. The maximum atomic E-state index is 13.4. The van der Waals surface area contributed by atoms with Crippen LogP contribution in [-0.4, -0.2) is 18.7 Å². The summed E-state index contributed by atoms with van der Waals surface area (Å²) in [5.41, 5.74) is 1.14. The van der Waals surface area contributed by atoms with Gasteiger partial charge in [0.15, 0.2) is 11.2 Å². The van der Waals surface area contributed by atoms with Crippen molar-refractivity contribution in [1.29, 1.82) is 0 Å². The molecule has 8 heteroatoms. The van der Waals surface area contributed by atoms with Crippen molar-refractivity contribution in [2.45, 2.75) is 25.9 Å². The second kappa shape index (κ2) is 7.25. The second-order valence-electron chi connectivity index (χ2n) is 7.63. The standard InChI is InChI=1S/C22H18ClFN4O2/c23-16-3-1-2-15(10-16)11-26-13-25-20-19(26)21(29)27(12-14-4-5-14)22(30)28(20)18-8-6-17(24)7-9-18/h1-3,6-10,13-14H,4-5,11-12H2. The van der Waals surface area contributed by atoms with Crippen LogP contribution in [0.1, 0.15) is 18.4 Å². The Balaban J connectivity index is 1.74. The average molecular weight is 425 g/mol. The van der Waals surface area contributed by atoms with Crippen molar-refractivity contribution in [1.82, 2.24) is 18.7 Å². The zero-order valence-electron chi connectivity index (χ0n) is 16.0. The average Bonchev–Trinajstić information content (AvgIpc) is 3.46. The van der Waals surface area contributed by atoms with E-state index in [0.29, 0.717) is 35.2 Å². The highest BCUT2D eigenvalue weighted by Gasteiger charge is 2.26. The van der Waals surface area contributed by atoms with Gasteiger partial charge in [0.25, 0.3) is 5.56 Å². The summed E-state index contributed by atoms with van der Waals surface area (Å²) in [7, 11) is 0. The fraction of sp³-hybridized carbons (Fsp3) is 0.227. The molecular formula is C22H18ClFN4O2. The van der Waals surface area contributed by atoms with E-state index in [9.17, 15) is 14.0 Å². The number of benzene rings is 2. The highest BCUT2D eigenvalue weighted by molar-refractivity contribution is 6.30. The number of imidazole rings is 1. The molecule has 5 rings (SSSR count). The molecule has 1 aliphatic carbocycles. The molecule has 2 aromatic heterocycles. The molecule has 2 aromatic carbocycles. The van der Waals surface area contributed by atoms with E-state index in [1.807, 2.05) is 18.2 Å². The van der Waals surface area contributed by atoms with Gasteiger partial charge in [0, 0.05) is 18.1 Å². The predicted octanol–water partition coefficient (Wildman–Crippen LogP) is 3.60. The third-order valence-electron chi connectivity index (χ3n) is 5.36. The van der Waals surface area contributed by atoms with E-state index in [2.05, 4.69) is 4.98 Å². The summed E-state index contributed by atoms with van der Waals surface area (Å²) in [6.45, 7) is 0.758. The van der Waals surface area contributed by atoms with E-state index in [1.165, 1.54) is 33.4 Å². The molecule has 0 atom stereocenters. The van der Waals surface area contributed by atoms with Crippen LogP contribution in [0.4, 0.5) is 4.39 Å². The fourth-order valence-electron chi connectivity index (χ4n) is 3.67. The number of fused-ring (bicyclic) bond motifs is 1. The molecule has 0 amide bonds. The quantitative estimate of drug-likeness (QED) is 0.492. The summed E-state index contributed by atoms with van der Waals surface area (Å²) in [5, 5.41) is 0.603. The molecule has 6 nitrogen and oxygen atoms in total. The smallest absolute Gasteiger partial charge is 0.320 e. The van der Waals surface area contributed by atoms with Crippen molar-refractivity contribution in [3.63, 3.8) is 0 Å². The number of hydrogen-bond donors (Lipinski definition) is 0. The summed E-state index contributed by atoms with van der Waals surface area (Å²) < 4.78 is 17.8. The van der Waals surface area contributed by atoms with Crippen LogP contribution in [-0.2, 0) is 13.1 Å². The molecule has 4 aromatic rings. The summed E-state index contributed by atoms with van der Waals surface area (Å²) in [6, 6.07) is 13.0. The molecular weight excluding hydrogens is 407 g/mol. The number of halogens is 2. The van der Waals surface area contributed by atoms with Gasteiger partial charge in [0.2, 0.25) is 0 Å². The normalized spacial score (nSPS) is 13.8. The van der Waals surface area contributed by atoms with Gasteiger partial charge in [-0.15, -0.1) is 0 Å². The van der Waals surface area contributed by atoms with Crippen LogP contribution in [0.15, 0.2) is 64.4 Å². The number of hydrogen-bond acceptors (Lipinski definition) is 3. The van der Waals surface area contributed by atoms with Crippen LogP contribution in [0, 0.1) is 11.7 Å². The van der Waals surface area contributed by atoms with E-state index in [1.54, 1.807) is 17.0 Å². The lowest BCUT2D eigenvalue weighted by atomic mass is 10.2. The third-order valence-corrected chi connectivity index (χ3v) is 5.60. The minimum absolute atomic E-state index is 0.255. The fourth-order valence-corrected chi connectivity index (χ4v) is 3.89. The Kier molecular flexibility index (Phi) is 4.55. The largest absolute Gasteiger partial charge is 0.337 e. The Morgan fingerprint density at radius 2 is 1.87 bits per heavy atom. The number of rotatable bonds is 5. The van der Waals surface area contributed by atoms with Crippen LogP contribution in [0.5, 0.6) is 0 Å². The van der Waals surface area contributed by atoms with Crippen molar-refractivity contribution in [3.8, 4) is 5.69 Å². The van der Waals surface area contributed by atoms with Crippen molar-refractivity contribution < 1.29 is 4.39 Å². The van der Waals surface area contributed by atoms with Gasteiger partial charge < -0.3 is 4.57 Å². The molecule has 0 aliphatic heterocycles. The van der Waals surface area contributed by atoms with Crippen molar-refractivity contribution in [2.24, 2.45) is 5.92 Å². The topological polar surface area (TPSA) is 61.8 Å². The second-order valence-corrected chi connectivity index (χ2v) is 8.06. The van der Waals surface area contributed by atoms with Crippen LogP contribution >= 0.6 is 11.6 Å². The molecule has 1 aliphatic rings. The lowest BCUT2D eigenvalue weighted by molar-refractivity contribution is 0.567. The van der Waals surface area contributed by atoms with E-state index in [4.69, 9.17) is 11.6 Å². The first-order valence-corrected chi connectivity index (χ1v) is 10.1. The first-order chi connectivity index (χ1) is 14.5. The zero-order chi connectivity index (χ0) is 20.8. The van der Waals surface area contributed by atoms with Gasteiger partial charge in [-0.3, -0.25) is 9.36 Å². The summed E-state index contributed by atoms with van der Waals surface area (Å²) >= 11 is 6.10. The maximum Gasteiger partial charge on any atom is 0.337 e. The van der Waals surface area contributed by atoms with E-state index >= 15 is 0 Å². The molecule has 30 heavy (non-hydrogen) atoms. The summed E-state index contributed by atoms with van der Waals surface area (Å²) in [6.07, 6.45) is 3.55. The van der Waals surface area contributed by atoms with Crippen LogP contribution in [0.3, 0.4) is 0 Å². The number of nitrogens with zero attached hydrogens (tertiary/aromatic N) is 4. The van der Waals surface area contributed by atoms with E-state index in [-0.39, 0.29) is 11.2 Å². The lowest BCUT2D eigenvalue weighted by Crippen LogP contribution is -2.40. The van der Waals surface area contributed by atoms with Crippen molar-refractivity contribution in [2.75, 3.05) is 0 Å². The van der Waals surface area contributed by atoms with E-state index < -0.39 is 11.5 Å². The Hall–Kier alpha value is -3.19. The van der Waals surface area contributed by atoms with Crippen molar-refractivity contribution in [3.05, 3.63) is 92.1 Å². The Morgan fingerprint density at radius 1 is 1.10 bits per heavy atom. The summed E-state index contributed by atoms with van der Waals surface area (Å²) in [5.74, 6) is -0.0698. The Morgan fingerprint density at radius 3 is 2.57 bits per heavy atom. The molecule has 2 heterocycles. The summed E-state index contributed by atoms with van der Waals surface area (Å²) in [4.78, 5) is 30.9.